The predicted octanol–water partition coefficient (Wildman–Crippen LogP) is 2.01. The maximum Gasteiger partial charge on any atom is 0.296 e. The van der Waals surface area contributed by atoms with Crippen LogP contribution in [0.15, 0.2) is 27.7 Å². The number of benzene rings is 1. The van der Waals surface area contributed by atoms with Gasteiger partial charge in [0.1, 0.15) is 11.8 Å². The molecule has 8 heteroatoms. The highest BCUT2D eigenvalue weighted by Gasteiger charge is 2.20. The Morgan fingerprint density at radius 3 is 2.74 bits per heavy atom. The van der Waals surface area contributed by atoms with Crippen LogP contribution in [0, 0.1) is 21.4 Å². The lowest BCUT2D eigenvalue weighted by atomic mass is 9.97. The van der Waals surface area contributed by atoms with Crippen molar-refractivity contribution in [3.05, 3.63) is 33.4 Å². The Kier molecular flexibility index (Phi) is 4.71. The molecule has 0 aromatic heterocycles. The summed E-state index contributed by atoms with van der Waals surface area (Å²) < 4.78 is 5.09. The van der Waals surface area contributed by atoms with Gasteiger partial charge in [-0.1, -0.05) is 0 Å². The van der Waals surface area contributed by atoms with E-state index in [-0.39, 0.29) is 17.1 Å². The van der Waals surface area contributed by atoms with Crippen molar-refractivity contribution in [1.82, 2.24) is 0 Å². The minimum atomic E-state index is -0.583. The average Bonchev–Trinajstić information content (AvgIpc) is 2.56. The second kappa shape index (κ2) is 6.70. The Balaban J connectivity index is 2.64. The molecule has 0 unspecified atom stereocenters. The largest absolute Gasteiger partial charge is 0.494 e. The molecule has 0 spiro atoms. The number of aliphatic imine (C=N–C) groups is 2. The maximum atomic E-state index is 11.1. The van der Waals surface area contributed by atoms with E-state index in [0.29, 0.717) is 35.5 Å². The second-order valence-electron chi connectivity index (χ2n) is 4.78. The van der Waals surface area contributed by atoms with E-state index >= 15 is 0 Å². The van der Waals surface area contributed by atoms with Gasteiger partial charge in [-0.3, -0.25) is 20.1 Å². The first-order valence-electron chi connectivity index (χ1n) is 6.77. The molecule has 118 valence electrons. The molecule has 0 aliphatic carbocycles. The molecule has 0 fully saturated rings. The number of ether oxygens (including phenoxy) is 1. The molecule has 1 aliphatic rings. The monoisotopic (exact) mass is 313 g/mol. The molecule has 1 aromatic carbocycles. The fraction of sp³-hybridized carbons (Fsp3) is 0.267. The third kappa shape index (κ3) is 3.18. The summed E-state index contributed by atoms with van der Waals surface area (Å²) in [4.78, 5) is 18.9. The van der Waals surface area contributed by atoms with Gasteiger partial charge in [-0.05, 0) is 24.1 Å². The molecular formula is C15H15N5O3. The van der Waals surface area contributed by atoms with Gasteiger partial charge in [0.2, 0.25) is 0 Å². The van der Waals surface area contributed by atoms with Crippen molar-refractivity contribution in [2.24, 2.45) is 9.98 Å². The van der Waals surface area contributed by atoms with Gasteiger partial charge in [-0.2, -0.15) is 5.26 Å². The maximum absolute atomic E-state index is 11.1. The summed E-state index contributed by atoms with van der Waals surface area (Å²) in [5.41, 5.74) is 7.20. The van der Waals surface area contributed by atoms with Crippen molar-refractivity contribution in [1.29, 1.82) is 5.26 Å². The summed E-state index contributed by atoms with van der Waals surface area (Å²) in [6, 6.07) is 4.98. The summed E-state index contributed by atoms with van der Waals surface area (Å²) in [7, 11) is 1.38. The van der Waals surface area contributed by atoms with Crippen molar-refractivity contribution in [2.75, 3.05) is 25.9 Å². The van der Waals surface area contributed by atoms with Gasteiger partial charge in [0.15, 0.2) is 5.69 Å². The minimum Gasteiger partial charge on any atom is -0.494 e. The number of allylic oxidation sites excluding steroid dienone is 2. The standard InChI is InChI=1S/C15H15N5O3/c1-9(11(7-16)12-8-18-3-4-19-12)10-5-13(20(21)22)15(17)14(6-10)23-2/h5-6,8H,3-4,17H2,1-2H3/b11-9+. The van der Waals surface area contributed by atoms with E-state index in [9.17, 15) is 15.4 Å². The molecule has 0 amide bonds. The number of hydrogen-bond acceptors (Lipinski definition) is 7. The Morgan fingerprint density at radius 1 is 1.48 bits per heavy atom. The number of methoxy groups -OCH3 is 1. The summed E-state index contributed by atoms with van der Waals surface area (Å²) in [5.74, 6) is 0.185. The smallest absolute Gasteiger partial charge is 0.296 e. The number of nitro groups is 1. The minimum absolute atomic E-state index is 0.0517. The summed E-state index contributed by atoms with van der Waals surface area (Å²) in [6.07, 6.45) is 1.54. The zero-order chi connectivity index (χ0) is 17.0. The topological polar surface area (TPSA) is 127 Å². The zero-order valence-electron chi connectivity index (χ0n) is 12.7. The van der Waals surface area contributed by atoms with Crippen molar-refractivity contribution >= 4 is 28.9 Å². The molecule has 0 bridgehead atoms. The third-order valence-corrected chi connectivity index (χ3v) is 3.44. The van der Waals surface area contributed by atoms with Crippen LogP contribution in [-0.2, 0) is 0 Å². The van der Waals surface area contributed by atoms with Crippen molar-refractivity contribution < 1.29 is 9.66 Å². The van der Waals surface area contributed by atoms with Crippen LogP contribution in [0.5, 0.6) is 5.75 Å². The van der Waals surface area contributed by atoms with Crippen molar-refractivity contribution in [3.63, 3.8) is 0 Å². The first-order chi connectivity index (χ1) is 11.0. The van der Waals surface area contributed by atoms with E-state index in [0.717, 1.165) is 0 Å². The summed E-state index contributed by atoms with van der Waals surface area (Å²) in [5, 5.41) is 20.6. The molecule has 1 aliphatic heterocycles. The quantitative estimate of drug-likeness (QED) is 0.393. The number of hydrogen-bond donors (Lipinski definition) is 1. The molecule has 1 heterocycles. The first kappa shape index (κ1) is 16.2. The van der Waals surface area contributed by atoms with Crippen molar-refractivity contribution in [3.8, 4) is 11.8 Å². The van der Waals surface area contributed by atoms with Gasteiger partial charge in [0.05, 0.1) is 36.4 Å². The van der Waals surface area contributed by atoms with E-state index in [4.69, 9.17) is 10.5 Å². The molecule has 1 aromatic rings. The summed E-state index contributed by atoms with van der Waals surface area (Å²) >= 11 is 0. The Bertz CT molecular complexity index is 787. The van der Waals surface area contributed by atoms with E-state index < -0.39 is 4.92 Å². The van der Waals surface area contributed by atoms with Crippen LogP contribution in [0.2, 0.25) is 0 Å². The second-order valence-corrected chi connectivity index (χ2v) is 4.78. The van der Waals surface area contributed by atoms with E-state index in [2.05, 4.69) is 16.1 Å². The predicted molar refractivity (Wildman–Crippen MR) is 87.9 cm³/mol. The molecule has 0 saturated heterocycles. The number of nitrogens with two attached hydrogens (primary N) is 1. The molecule has 0 radical (unpaired) electrons. The van der Waals surface area contributed by atoms with E-state index in [1.54, 1.807) is 13.0 Å². The molecule has 2 rings (SSSR count). The number of nitrogen functional groups attached to an aromatic ring is 1. The molecule has 2 N–H and O–H groups in total. The zero-order valence-corrected chi connectivity index (χ0v) is 12.7. The van der Waals surface area contributed by atoms with E-state index in [1.807, 2.05) is 0 Å². The summed E-state index contributed by atoms with van der Waals surface area (Å²) in [6.45, 7) is 2.79. The molecule has 0 saturated carbocycles. The number of rotatable bonds is 4. The molecule has 0 atom stereocenters. The van der Waals surface area contributed by atoms with Gasteiger partial charge < -0.3 is 10.5 Å². The highest BCUT2D eigenvalue weighted by molar-refractivity contribution is 6.41. The fourth-order valence-corrected chi connectivity index (χ4v) is 2.19. The normalized spacial score (nSPS) is 14.6. The molecule has 8 nitrogen and oxygen atoms in total. The van der Waals surface area contributed by atoms with Crippen molar-refractivity contribution in [2.45, 2.75) is 6.92 Å². The third-order valence-electron chi connectivity index (χ3n) is 3.44. The van der Waals surface area contributed by atoms with Gasteiger partial charge in [0, 0.05) is 12.3 Å². The highest BCUT2D eigenvalue weighted by atomic mass is 16.6. The SMILES string of the molecule is COc1cc(/C(C)=C(\C#N)C2=NCCN=C2)cc([N+](=O)[O-])c1N. The van der Waals surface area contributed by atoms with Crippen LogP contribution in [0.25, 0.3) is 5.57 Å². The average molecular weight is 313 g/mol. The van der Waals surface area contributed by atoms with Crippen LogP contribution < -0.4 is 10.5 Å². The highest BCUT2D eigenvalue weighted by Crippen LogP contribution is 2.36. The Morgan fingerprint density at radius 2 is 2.22 bits per heavy atom. The molecular weight excluding hydrogens is 298 g/mol. The van der Waals surface area contributed by atoms with E-state index in [1.165, 1.54) is 19.4 Å². The van der Waals surface area contributed by atoms with Gasteiger partial charge in [-0.25, -0.2) is 0 Å². The number of nitrogens with zero attached hydrogens (tertiary/aromatic N) is 4. The number of anilines is 1. The Hall–Kier alpha value is -3.21. The van der Waals surface area contributed by atoms with Crippen LogP contribution in [-0.4, -0.2) is 37.0 Å². The fourth-order valence-electron chi connectivity index (χ4n) is 2.19. The Labute approximate surface area is 132 Å². The molecule has 23 heavy (non-hydrogen) atoms. The van der Waals surface area contributed by atoms with Crippen LogP contribution in [0.3, 0.4) is 0 Å². The van der Waals surface area contributed by atoms with Gasteiger partial charge in [0.25, 0.3) is 5.69 Å². The lowest BCUT2D eigenvalue weighted by Crippen LogP contribution is -2.12. The van der Waals surface area contributed by atoms with Gasteiger partial charge >= 0.3 is 0 Å². The van der Waals surface area contributed by atoms with Crippen LogP contribution in [0.1, 0.15) is 12.5 Å². The van der Waals surface area contributed by atoms with Gasteiger partial charge in [-0.15, -0.1) is 0 Å². The lowest BCUT2D eigenvalue weighted by molar-refractivity contribution is -0.384. The number of nitriles is 1. The lowest BCUT2D eigenvalue weighted by Gasteiger charge is -2.11. The van der Waals surface area contributed by atoms with Crippen LogP contribution in [0.4, 0.5) is 11.4 Å². The first-order valence-corrected chi connectivity index (χ1v) is 6.77. The van der Waals surface area contributed by atoms with Crippen LogP contribution >= 0.6 is 0 Å². The number of nitro benzene ring substituents is 1.